The van der Waals surface area contributed by atoms with E-state index in [2.05, 4.69) is 9.97 Å². The fourth-order valence-electron chi connectivity index (χ4n) is 0.701. The van der Waals surface area contributed by atoms with Gasteiger partial charge in [0.1, 0.15) is 10.7 Å². The summed E-state index contributed by atoms with van der Waals surface area (Å²) in [5, 5.41) is 0. The highest BCUT2D eigenvalue weighted by Crippen LogP contribution is 2.02. The first-order valence-electron chi connectivity index (χ1n) is 3.41. The zero-order chi connectivity index (χ0) is 9.14. The molecule has 0 spiro atoms. The number of aromatic nitrogens is 2. The predicted octanol–water partition coefficient (Wildman–Crippen LogP) is 0.177. The zero-order valence-corrected chi connectivity index (χ0v) is 7.80. The average molecular weight is 182 g/mol. The molecular weight excluding hydrogens is 172 g/mol. The zero-order valence-electron chi connectivity index (χ0n) is 6.98. The molecule has 0 saturated carbocycles. The summed E-state index contributed by atoms with van der Waals surface area (Å²) in [6, 6.07) is 1.69. The van der Waals surface area contributed by atoms with Gasteiger partial charge in [0.15, 0.2) is 0 Å². The lowest BCUT2D eigenvalue weighted by Crippen LogP contribution is -2.17. The van der Waals surface area contributed by atoms with Gasteiger partial charge >= 0.3 is 0 Å². The Kier molecular flexibility index (Phi) is 2.54. The summed E-state index contributed by atoms with van der Waals surface area (Å²) in [5.74, 6) is 0.611. The highest BCUT2D eigenvalue weighted by molar-refractivity contribution is 7.80. The maximum Gasteiger partial charge on any atom is 0.225 e. The van der Waals surface area contributed by atoms with Crippen molar-refractivity contribution in [3.63, 3.8) is 0 Å². The number of hydrogen-bond donors (Lipinski definition) is 1. The van der Waals surface area contributed by atoms with Gasteiger partial charge < -0.3 is 10.6 Å². The van der Waals surface area contributed by atoms with Crippen LogP contribution in [0.1, 0.15) is 5.69 Å². The van der Waals surface area contributed by atoms with Gasteiger partial charge in [0.2, 0.25) is 5.95 Å². The van der Waals surface area contributed by atoms with Gasteiger partial charge in [0, 0.05) is 20.3 Å². The van der Waals surface area contributed by atoms with Crippen molar-refractivity contribution in [1.29, 1.82) is 0 Å². The number of rotatable bonds is 2. The average Bonchev–Trinajstić information content (AvgIpc) is 2.04. The molecule has 4 nitrogen and oxygen atoms in total. The molecule has 2 N–H and O–H groups in total. The quantitative estimate of drug-likeness (QED) is 0.661. The first kappa shape index (κ1) is 8.86. The first-order chi connectivity index (χ1) is 5.61. The Bertz CT molecular complexity index is 297. The third-order valence-corrected chi connectivity index (χ3v) is 1.50. The maximum atomic E-state index is 5.41. The summed E-state index contributed by atoms with van der Waals surface area (Å²) in [6.45, 7) is 0. The van der Waals surface area contributed by atoms with E-state index in [9.17, 15) is 0 Å². The Morgan fingerprint density at radius 1 is 1.58 bits per heavy atom. The molecule has 1 aromatic heterocycles. The van der Waals surface area contributed by atoms with Gasteiger partial charge in [-0.15, -0.1) is 0 Å². The van der Waals surface area contributed by atoms with Crippen LogP contribution >= 0.6 is 12.2 Å². The van der Waals surface area contributed by atoms with E-state index in [4.69, 9.17) is 18.0 Å². The highest BCUT2D eigenvalue weighted by Gasteiger charge is 2.01. The SMILES string of the molecule is CN(C)c1nccc(C(N)=S)n1. The smallest absolute Gasteiger partial charge is 0.225 e. The van der Waals surface area contributed by atoms with Crippen molar-refractivity contribution in [2.75, 3.05) is 19.0 Å². The number of thiocarbonyl (C=S) groups is 1. The lowest BCUT2D eigenvalue weighted by Gasteiger charge is -2.09. The standard InChI is InChI=1S/C7H10N4S/c1-11(2)7-9-4-3-5(10-7)6(8)12/h3-4H,1-2H3,(H2,8,12). The van der Waals surface area contributed by atoms with E-state index in [0.717, 1.165) is 0 Å². The highest BCUT2D eigenvalue weighted by atomic mass is 32.1. The largest absolute Gasteiger partial charge is 0.388 e. The Morgan fingerprint density at radius 2 is 2.25 bits per heavy atom. The molecule has 0 aliphatic heterocycles. The monoisotopic (exact) mass is 182 g/mol. The molecule has 1 heterocycles. The second-order valence-electron chi connectivity index (χ2n) is 2.50. The van der Waals surface area contributed by atoms with E-state index in [-0.39, 0.29) is 0 Å². The van der Waals surface area contributed by atoms with Crippen LogP contribution in [0, 0.1) is 0 Å². The van der Waals surface area contributed by atoms with Crippen LogP contribution in [-0.4, -0.2) is 29.1 Å². The molecule has 0 atom stereocenters. The third kappa shape index (κ3) is 1.88. The topological polar surface area (TPSA) is 55.0 Å². The minimum Gasteiger partial charge on any atom is -0.388 e. The predicted molar refractivity (Wildman–Crippen MR) is 52.2 cm³/mol. The van der Waals surface area contributed by atoms with Crippen LogP contribution in [0.3, 0.4) is 0 Å². The molecule has 0 aliphatic rings. The van der Waals surface area contributed by atoms with E-state index in [1.54, 1.807) is 17.2 Å². The van der Waals surface area contributed by atoms with Crippen LogP contribution in [0.4, 0.5) is 5.95 Å². The molecule has 64 valence electrons. The Balaban J connectivity index is 3.04. The molecule has 0 bridgehead atoms. The number of nitrogens with two attached hydrogens (primary N) is 1. The summed E-state index contributed by atoms with van der Waals surface area (Å²) < 4.78 is 0. The van der Waals surface area contributed by atoms with E-state index in [0.29, 0.717) is 16.6 Å². The van der Waals surface area contributed by atoms with Crippen molar-refractivity contribution in [1.82, 2.24) is 9.97 Å². The lowest BCUT2D eigenvalue weighted by atomic mass is 10.4. The summed E-state index contributed by atoms with van der Waals surface area (Å²) >= 11 is 4.78. The van der Waals surface area contributed by atoms with Gasteiger partial charge in [-0.2, -0.15) is 0 Å². The summed E-state index contributed by atoms with van der Waals surface area (Å²) in [4.78, 5) is 10.2. The second kappa shape index (κ2) is 3.44. The minimum absolute atomic E-state index is 0.292. The Hall–Kier alpha value is -1.23. The second-order valence-corrected chi connectivity index (χ2v) is 2.94. The molecule has 0 radical (unpaired) electrons. The van der Waals surface area contributed by atoms with Gasteiger partial charge in [-0.05, 0) is 6.07 Å². The van der Waals surface area contributed by atoms with Crippen LogP contribution < -0.4 is 10.6 Å². The minimum atomic E-state index is 0.292. The van der Waals surface area contributed by atoms with Crippen molar-refractivity contribution in [2.45, 2.75) is 0 Å². The van der Waals surface area contributed by atoms with Gasteiger partial charge in [-0.1, -0.05) is 12.2 Å². The number of nitrogens with zero attached hydrogens (tertiary/aromatic N) is 3. The molecule has 0 aliphatic carbocycles. The summed E-state index contributed by atoms with van der Waals surface area (Å²) in [7, 11) is 3.72. The van der Waals surface area contributed by atoms with Crippen molar-refractivity contribution in [3.8, 4) is 0 Å². The lowest BCUT2D eigenvalue weighted by molar-refractivity contribution is 0.993. The van der Waals surface area contributed by atoms with E-state index in [1.165, 1.54) is 0 Å². The van der Waals surface area contributed by atoms with Gasteiger partial charge in [0.25, 0.3) is 0 Å². The molecule has 0 aromatic carbocycles. The normalized spacial score (nSPS) is 9.50. The fourth-order valence-corrected chi connectivity index (χ4v) is 0.815. The fraction of sp³-hybridized carbons (Fsp3) is 0.286. The van der Waals surface area contributed by atoms with E-state index < -0.39 is 0 Å². The van der Waals surface area contributed by atoms with Crippen LogP contribution in [0.2, 0.25) is 0 Å². The van der Waals surface area contributed by atoms with Crippen LogP contribution in [0.25, 0.3) is 0 Å². The summed E-state index contributed by atoms with van der Waals surface area (Å²) in [5.41, 5.74) is 6.01. The Labute approximate surface area is 76.4 Å². The van der Waals surface area contributed by atoms with Crippen molar-refractivity contribution < 1.29 is 0 Å². The van der Waals surface area contributed by atoms with Crippen LogP contribution in [0.5, 0.6) is 0 Å². The van der Waals surface area contributed by atoms with Crippen LogP contribution in [0.15, 0.2) is 12.3 Å². The van der Waals surface area contributed by atoms with Gasteiger partial charge in [0.05, 0.1) is 0 Å². The van der Waals surface area contributed by atoms with Gasteiger partial charge in [-0.25, -0.2) is 9.97 Å². The van der Waals surface area contributed by atoms with E-state index in [1.807, 2.05) is 14.1 Å². The number of anilines is 1. The molecule has 0 unspecified atom stereocenters. The molecule has 0 fully saturated rings. The molecule has 5 heteroatoms. The molecule has 12 heavy (non-hydrogen) atoms. The van der Waals surface area contributed by atoms with Crippen molar-refractivity contribution in [2.24, 2.45) is 5.73 Å². The maximum absolute atomic E-state index is 5.41. The molecule has 0 amide bonds. The third-order valence-electron chi connectivity index (χ3n) is 1.30. The van der Waals surface area contributed by atoms with Crippen molar-refractivity contribution in [3.05, 3.63) is 18.0 Å². The van der Waals surface area contributed by atoms with Crippen molar-refractivity contribution >= 4 is 23.2 Å². The summed E-state index contributed by atoms with van der Waals surface area (Å²) in [6.07, 6.45) is 1.64. The molecule has 1 rings (SSSR count). The molecule has 0 saturated heterocycles. The first-order valence-corrected chi connectivity index (χ1v) is 3.82. The molecule has 1 aromatic rings. The molecular formula is C7H10N4S. The Morgan fingerprint density at radius 3 is 2.75 bits per heavy atom. The van der Waals surface area contributed by atoms with Crippen LogP contribution in [-0.2, 0) is 0 Å². The van der Waals surface area contributed by atoms with E-state index >= 15 is 0 Å². The van der Waals surface area contributed by atoms with Gasteiger partial charge in [-0.3, -0.25) is 0 Å². The number of hydrogen-bond acceptors (Lipinski definition) is 4.